The maximum absolute atomic E-state index is 9.69. The molecule has 5 nitrogen and oxygen atoms in total. The average molecular weight is 236 g/mol. The van der Waals surface area contributed by atoms with E-state index < -0.39 is 0 Å². The fourth-order valence-electron chi connectivity index (χ4n) is 1.97. The van der Waals surface area contributed by atoms with Gasteiger partial charge in [-0.15, -0.1) is 0 Å². The number of hydrogen-bond acceptors (Lipinski definition) is 5. The highest BCUT2D eigenvalue weighted by Crippen LogP contribution is 2.41. The van der Waals surface area contributed by atoms with Crippen LogP contribution in [0.2, 0.25) is 0 Å². The Labute approximate surface area is 102 Å². The van der Waals surface area contributed by atoms with Crippen molar-refractivity contribution < 1.29 is 5.11 Å². The topological polar surface area (TPSA) is 61.3 Å². The number of nitrogens with one attached hydrogen (secondary N) is 1. The standard InChI is InChI=1S/C12H20N4O/c1-12(2)8(7-9(12)17)14-10-5-6-13-11(15-10)16(3)4/h5-6,8-9,17H,7H2,1-4H3,(H,13,14,15). The van der Waals surface area contributed by atoms with Gasteiger partial charge in [0.25, 0.3) is 0 Å². The molecular weight excluding hydrogens is 216 g/mol. The Morgan fingerprint density at radius 3 is 2.71 bits per heavy atom. The van der Waals surface area contributed by atoms with Crippen molar-refractivity contribution >= 4 is 11.8 Å². The Bertz CT molecular complexity index is 405. The van der Waals surface area contributed by atoms with Gasteiger partial charge in [-0.2, -0.15) is 4.98 Å². The maximum atomic E-state index is 9.69. The van der Waals surface area contributed by atoms with Crippen molar-refractivity contribution in [3.8, 4) is 0 Å². The molecule has 94 valence electrons. The molecule has 0 aliphatic heterocycles. The summed E-state index contributed by atoms with van der Waals surface area (Å²) in [6.45, 7) is 4.12. The number of hydrogen-bond donors (Lipinski definition) is 2. The van der Waals surface area contributed by atoms with Gasteiger partial charge >= 0.3 is 0 Å². The first kappa shape index (κ1) is 12.1. The number of aliphatic hydroxyl groups excluding tert-OH is 1. The van der Waals surface area contributed by atoms with Gasteiger partial charge in [0.15, 0.2) is 0 Å². The molecule has 2 N–H and O–H groups in total. The Morgan fingerprint density at radius 2 is 2.18 bits per heavy atom. The van der Waals surface area contributed by atoms with E-state index in [1.54, 1.807) is 6.20 Å². The van der Waals surface area contributed by atoms with Crippen molar-refractivity contribution in [3.63, 3.8) is 0 Å². The summed E-state index contributed by atoms with van der Waals surface area (Å²) in [5, 5.41) is 13.0. The molecule has 0 bridgehead atoms. The quantitative estimate of drug-likeness (QED) is 0.823. The molecule has 0 spiro atoms. The van der Waals surface area contributed by atoms with Crippen LogP contribution in [0.5, 0.6) is 0 Å². The number of aliphatic hydroxyl groups is 1. The summed E-state index contributed by atoms with van der Waals surface area (Å²) in [6.07, 6.45) is 2.29. The molecule has 0 radical (unpaired) electrons. The third-order valence-electron chi connectivity index (χ3n) is 3.58. The van der Waals surface area contributed by atoms with E-state index in [-0.39, 0.29) is 17.6 Å². The molecular formula is C12H20N4O. The van der Waals surface area contributed by atoms with Crippen LogP contribution in [-0.4, -0.2) is 41.3 Å². The Morgan fingerprint density at radius 1 is 1.47 bits per heavy atom. The van der Waals surface area contributed by atoms with Crippen molar-refractivity contribution in [1.82, 2.24) is 9.97 Å². The fraction of sp³-hybridized carbons (Fsp3) is 0.667. The van der Waals surface area contributed by atoms with Gasteiger partial charge in [-0.25, -0.2) is 4.98 Å². The van der Waals surface area contributed by atoms with Gasteiger partial charge in [-0.1, -0.05) is 13.8 Å². The van der Waals surface area contributed by atoms with Crippen molar-refractivity contribution in [2.75, 3.05) is 24.3 Å². The van der Waals surface area contributed by atoms with E-state index in [0.717, 1.165) is 12.2 Å². The van der Waals surface area contributed by atoms with Crippen LogP contribution in [0.25, 0.3) is 0 Å². The van der Waals surface area contributed by atoms with E-state index in [2.05, 4.69) is 29.1 Å². The third-order valence-corrected chi connectivity index (χ3v) is 3.58. The molecule has 1 aromatic heterocycles. The summed E-state index contributed by atoms with van der Waals surface area (Å²) in [5.41, 5.74) is -0.0940. The highest BCUT2D eigenvalue weighted by atomic mass is 16.3. The summed E-state index contributed by atoms with van der Waals surface area (Å²) in [6, 6.07) is 2.12. The summed E-state index contributed by atoms with van der Waals surface area (Å²) in [4.78, 5) is 10.4. The van der Waals surface area contributed by atoms with Crippen LogP contribution in [0.4, 0.5) is 11.8 Å². The Hall–Kier alpha value is -1.36. The van der Waals surface area contributed by atoms with Gasteiger partial charge in [-0.3, -0.25) is 0 Å². The lowest BCUT2D eigenvalue weighted by molar-refractivity contribution is -0.0511. The molecule has 1 saturated carbocycles. The summed E-state index contributed by atoms with van der Waals surface area (Å²) < 4.78 is 0. The van der Waals surface area contributed by atoms with E-state index in [9.17, 15) is 5.11 Å². The average Bonchev–Trinajstić information content (AvgIpc) is 2.29. The van der Waals surface area contributed by atoms with Crippen molar-refractivity contribution in [2.45, 2.75) is 32.4 Å². The zero-order valence-electron chi connectivity index (χ0n) is 10.8. The second-order valence-corrected chi connectivity index (χ2v) is 5.41. The first-order valence-corrected chi connectivity index (χ1v) is 5.86. The van der Waals surface area contributed by atoms with E-state index in [1.165, 1.54) is 0 Å². The van der Waals surface area contributed by atoms with Gasteiger partial charge in [0.05, 0.1) is 6.10 Å². The van der Waals surface area contributed by atoms with Gasteiger partial charge < -0.3 is 15.3 Å². The molecule has 0 amide bonds. The van der Waals surface area contributed by atoms with Crippen molar-refractivity contribution in [3.05, 3.63) is 12.3 Å². The summed E-state index contributed by atoms with van der Waals surface area (Å²) >= 11 is 0. The first-order valence-electron chi connectivity index (χ1n) is 5.86. The maximum Gasteiger partial charge on any atom is 0.226 e. The first-order chi connectivity index (χ1) is 7.91. The molecule has 2 rings (SSSR count). The van der Waals surface area contributed by atoms with Crippen LogP contribution < -0.4 is 10.2 Å². The molecule has 0 aromatic carbocycles. The zero-order chi connectivity index (χ0) is 12.6. The normalized spacial score (nSPS) is 26.2. The number of nitrogens with zero attached hydrogens (tertiary/aromatic N) is 3. The lowest BCUT2D eigenvalue weighted by Gasteiger charge is -2.49. The molecule has 2 atom stereocenters. The van der Waals surface area contributed by atoms with Crippen LogP contribution in [-0.2, 0) is 0 Å². The van der Waals surface area contributed by atoms with E-state index in [4.69, 9.17) is 0 Å². The predicted octanol–water partition coefficient (Wildman–Crippen LogP) is 1.11. The van der Waals surface area contributed by atoms with Crippen LogP contribution in [0.15, 0.2) is 12.3 Å². The second-order valence-electron chi connectivity index (χ2n) is 5.41. The minimum Gasteiger partial charge on any atom is -0.392 e. The SMILES string of the molecule is CN(C)c1nccc(NC2CC(O)C2(C)C)n1. The van der Waals surface area contributed by atoms with Crippen LogP contribution in [0.1, 0.15) is 20.3 Å². The predicted molar refractivity (Wildman–Crippen MR) is 68.2 cm³/mol. The highest BCUT2D eigenvalue weighted by molar-refractivity contribution is 5.42. The van der Waals surface area contributed by atoms with Gasteiger partial charge in [0.2, 0.25) is 5.95 Å². The van der Waals surface area contributed by atoms with Gasteiger partial charge in [-0.05, 0) is 12.5 Å². The molecule has 17 heavy (non-hydrogen) atoms. The molecule has 1 aromatic rings. The summed E-state index contributed by atoms with van der Waals surface area (Å²) in [7, 11) is 3.83. The molecule has 1 aliphatic carbocycles. The van der Waals surface area contributed by atoms with Crippen LogP contribution in [0.3, 0.4) is 0 Å². The minimum absolute atomic E-state index is 0.0940. The molecule has 0 saturated heterocycles. The van der Waals surface area contributed by atoms with E-state index in [0.29, 0.717) is 5.95 Å². The lowest BCUT2D eigenvalue weighted by atomic mass is 9.64. The highest BCUT2D eigenvalue weighted by Gasteiger charge is 2.47. The number of aromatic nitrogens is 2. The fourth-order valence-corrected chi connectivity index (χ4v) is 1.97. The summed E-state index contributed by atoms with van der Waals surface area (Å²) in [5.74, 6) is 1.50. The second kappa shape index (κ2) is 4.14. The van der Waals surface area contributed by atoms with E-state index >= 15 is 0 Å². The Kier molecular flexibility index (Phi) is 2.95. The largest absolute Gasteiger partial charge is 0.392 e. The van der Waals surface area contributed by atoms with Crippen LogP contribution in [0, 0.1) is 5.41 Å². The number of anilines is 2. The Balaban J connectivity index is 2.07. The monoisotopic (exact) mass is 236 g/mol. The molecule has 1 fully saturated rings. The van der Waals surface area contributed by atoms with Gasteiger partial charge in [0, 0.05) is 31.7 Å². The smallest absolute Gasteiger partial charge is 0.226 e. The zero-order valence-corrected chi connectivity index (χ0v) is 10.8. The molecule has 2 unspecified atom stereocenters. The van der Waals surface area contributed by atoms with Gasteiger partial charge in [0.1, 0.15) is 5.82 Å². The molecule has 1 aliphatic rings. The third kappa shape index (κ3) is 2.20. The number of rotatable bonds is 3. The van der Waals surface area contributed by atoms with Crippen LogP contribution >= 0.6 is 0 Å². The van der Waals surface area contributed by atoms with E-state index in [1.807, 2.05) is 25.1 Å². The molecule has 5 heteroatoms. The van der Waals surface area contributed by atoms with Crippen molar-refractivity contribution in [2.24, 2.45) is 5.41 Å². The minimum atomic E-state index is -0.227. The molecule has 1 heterocycles. The lowest BCUT2D eigenvalue weighted by Crippen LogP contribution is -2.57. The van der Waals surface area contributed by atoms with Crippen molar-refractivity contribution in [1.29, 1.82) is 0 Å².